The summed E-state index contributed by atoms with van der Waals surface area (Å²) in [6.07, 6.45) is 3.03. The SMILES string of the molecule is Cc1ccc2c(=O)c(C(=O)O)cn(C3CC3)c2c1F. The van der Waals surface area contributed by atoms with Gasteiger partial charge in [0.15, 0.2) is 0 Å². The fraction of sp³-hybridized carbons (Fsp3) is 0.286. The van der Waals surface area contributed by atoms with Crippen LogP contribution in [0, 0.1) is 12.7 Å². The minimum absolute atomic E-state index is 0.0949. The van der Waals surface area contributed by atoms with E-state index in [-0.39, 0.29) is 22.5 Å². The van der Waals surface area contributed by atoms with E-state index in [0.717, 1.165) is 12.8 Å². The first-order valence-electron chi connectivity index (χ1n) is 6.08. The summed E-state index contributed by atoms with van der Waals surface area (Å²) in [6, 6.07) is 3.10. The van der Waals surface area contributed by atoms with E-state index in [4.69, 9.17) is 5.11 Å². The summed E-state index contributed by atoms with van der Waals surface area (Å²) >= 11 is 0. The molecule has 1 aromatic carbocycles. The number of nitrogens with zero attached hydrogens (tertiary/aromatic N) is 1. The molecule has 1 fully saturated rings. The normalized spacial score (nSPS) is 14.8. The van der Waals surface area contributed by atoms with E-state index in [1.54, 1.807) is 11.5 Å². The minimum Gasteiger partial charge on any atom is -0.477 e. The number of rotatable bonds is 2. The predicted octanol–water partition coefficient (Wildman–Crippen LogP) is 2.48. The third-order valence-corrected chi connectivity index (χ3v) is 3.50. The van der Waals surface area contributed by atoms with Gasteiger partial charge in [0.1, 0.15) is 11.4 Å². The van der Waals surface area contributed by atoms with Gasteiger partial charge in [-0.05, 0) is 31.4 Å². The van der Waals surface area contributed by atoms with Crippen molar-refractivity contribution in [3.63, 3.8) is 0 Å². The van der Waals surface area contributed by atoms with Crippen LogP contribution in [0.3, 0.4) is 0 Å². The standard InChI is InChI=1S/C14H12FNO3/c1-7-2-5-9-12(11(7)15)16(8-3-4-8)6-10(13(9)17)14(18)19/h2,5-6,8H,3-4H2,1H3,(H,18,19). The van der Waals surface area contributed by atoms with Crippen LogP contribution in [-0.2, 0) is 0 Å². The van der Waals surface area contributed by atoms with E-state index in [9.17, 15) is 14.0 Å². The summed E-state index contributed by atoms with van der Waals surface area (Å²) in [5.74, 6) is -1.72. The molecule has 1 aromatic heterocycles. The number of benzene rings is 1. The van der Waals surface area contributed by atoms with Crippen LogP contribution in [0.15, 0.2) is 23.1 Å². The Morgan fingerprint density at radius 3 is 2.68 bits per heavy atom. The molecule has 1 aliphatic carbocycles. The Balaban J connectivity index is 2.49. The molecule has 19 heavy (non-hydrogen) atoms. The zero-order valence-electron chi connectivity index (χ0n) is 10.3. The van der Waals surface area contributed by atoms with Gasteiger partial charge < -0.3 is 9.67 Å². The van der Waals surface area contributed by atoms with Crippen molar-refractivity contribution in [1.29, 1.82) is 0 Å². The molecule has 3 rings (SSSR count). The Hall–Kier alpha value is -2.17. The second-order valence-electron chi connectivity index (χ2n) is 4.91. The average molecular weight is 261 g/mol. The Morgan fingerprint density at radius 1 is 1.42 bits per heavy atom. The molecular weight excluding hydrogens is 249 g/mol. The number of carbonyl (C=O) groups is 1. The van der Waals surface area contributed by atoms with Crippen molar-refractivity contribution in [3.8, 4) is 0 Å². The lowest BCUT2D eigenvalue weighted by Gasteiger charge is -2.13. The molecule has 0 spiro atoms. The minimum atomic E-state index is -1.28. The molecule has 1 heterocycles. The van der Waals surface area contributed by atoms with Crippen molar-refractivity contribution >= 4 is 16.9 Å². The lowest BCUT2D eigenvalue weighted by atomic mass is 10.1. The lowest BCUT2D eigenvalue weighted by molar-refractivity contribution is 0.0695. The second kappa shape index (κ2) is 3.91. The first-order valence-corrected chi connectivity index (χ1v) is 6.08. The molecule has 2 aromatic rings. The number of carboxylic acids is 1. The molecule has 0 unspecified atom stereocenters. The summed E-state index contributed by atoms with van der Waals surface area (Å²) < 4.78 is 15.9. The van der Waals surface area contributed by atoms with Crippen LogP contribution in [0.5, 0.6) is 0 Å². The topological polar surface area (TPSA) is 59.3 Å². The van der Waals surface area contributed by atoms with E-state index >= 15 is 0 Å². The largest absolute Gasteiger partial charge is 0.477 e. The number of hydrogen-bond donors (Lipinski definition) is 1. The molecule has 0 atom stereocenters. The highest BCUT2D eigenvalue weighted by Gasteiger charge is 2.28. The molecule has 1 saturated carbocycles. The van der Waals surface area contributed by atoms with Crippen molar-refractivity contribution in [2.24, 2.45) is 0 Å². The molecular formula is C14H12FNO3. The lowest BCUT2D eigenvalue weighted by Crippen LogP contribution is -2.19. The van der Waals surface area contributed by atoms with E-state index < -0.39 is 17.2 Å². The highest BCUT2D eigenvalue weighted by molar-refractivity contribution is 5.93. The molecule has 5 heteroatoms. The van der Waals surface area contributed by atoms with Crippen LogP contribution in [-0.4, -0.2) is 15.6 Å². The smallest absolute Gasteiger partial charge is 0.341 e. The molecule has 1 N–H and O–H groups in total. The Kier molecular flexibility index (Phi) is 2.45. The summed E-state index contributed by atoms with van der Waals surface area (Å²) in [6.45, 7) is 1.63. The van der Waals surface area contributed by atoms with Gasteiger partial charge in [-0.25, -0.2) is 9.18 Å². The van der Waals surface area contributed by atoms with Gasteiger partial charge in [0.2, 0.25) is 5.43 Å². The fourth-order valence-electron chi connectivity index (χ4n) is 2.30. The number of aryl methyl sites for hydroxylation is 1. The van der Waals surface area contributed by atoms with E-state index in [1.807, 2.05) is 0 Å². The number of pyridine rings is 1. The van der Waals surface area contributed by atoms with Crippen molar-refractivity contribution in [3.05, 3.63) is 45.5 Å². The van der Waals surface area contributed by atoms with Gasteiger partial charge in [0, 0.05) is 17.6 Å². The van der Waals surface area contributed by atoms with Gasteiger partial charge in [0.25, 0.3) is 0 Å². The number of fused-ring (bicyclic) bond motifs is 1. The summed E-state index contributed by atoms with van der Waals surface area (Å²) in [4.78, 5) is 23.2. The highest BCUT2D eigenvalue weighted by Crippen LogP contribution is 2.37. The molecule has 0 bridgehead atoms. The first kappa shape index (κ1) is 11.9. The molecule has 0 aliphatic heterocycles. The van der Waals surface area contributed by atoms with Gasteiger partial charge in [0.05, 0.1) is 5.52 Å². The zero-order valence-corrected chi connectivity index (χ0v) is 10.3. The Bertz CT molecular complexity index is 759. The molecule has 0 amide bonds. The van der Waals surface area contributed by atoms with Gasteiger partial charge in [-0.2, -0.15) is 0 Å². The van der Waals surface area contributed by atoms with Crippen molar-refractivity contribution in [2.75, 3.05) is 0 Å². The van der Waals surface area contributed by atoms with Crippen molar-refractivity contribution < 1.29 is 14.3 Å². The van der Waals surface area contributed by atoms with Gasteiger partial charge in [-0.15, -0.1) is 0 Å². The average Bonchev–Trinajstić information content (AvgIpc) is 3.18. The second-order valence-corrected chi connectivity index (χ2v) is 4.91. The number of hydrogen-bond acceptors (Lipinski definition) is 2. The predicted molar refractivity (Wildman–Crippen MR) is 68.1 cm³/mol. The zero-order chi connectivity index (χ0) is 13.7. The Morgan fingerprint density at radius 2 is 2.11 bits per heavy atom. The Labute approximate surface area is 108 Å². The van der Waals surface area contributed by atoms with Crippen molar-refractivity contribution in [2.45, 2.75) is 25.8 Å². The molecule has 0 saturated heterocycles. The molecule has 0 radical (unpaired) electrons. The summed E-state index contributed by atoms with van der Waals surface area (Å²) in [7, 11) is 0. The highest BCUT2D eigenvalue weighted by atomic mass is 19.1. The van der Waals surface area contributed by atoms with Crippen LogP contribution < -0.4 is 5.43 Å². The van der Waals surface area contributed by atoms with E-state index in [2.05, 4.69) is 0 Å². The van der Waals surface area contributed by atoms with Gasteiger partial charge in [-0.3, -0.25) is 4.79 Å². The number of aromatic nitrogens is 1. The van der Waals surface area contributed by atoms with Gasteiger partial charge in [-0.1, -0.05) is 6.07 Å². The monoisotopic (exact) mass is 261 g/mol. The maximum atomic E-state index is 14.3. The fourth-order valence-corrected chi connectivity index (χ4v) is 2.30. The maximum absolute atomic E-state index is 14.3. The third kappa shape index (κ3) is 1.73. The third-order valence-electron chi connectivity index (χ3n) is 3.50. The van der Waals surface area contributed by atoms with Crippen LogP contribution in [0.25, 0.3) is 10.9 Å². The quantitative estimate of drug-likeness (QED) is 0.903. The molecule has 98 valence electrons. The van der Waals surface area contributed by atoms with Gasteiger partial charge >= 0.3 is 5.97 Å². The number of carboxylic acid groups (broad SMARTS) is 1. The van der Waals surface area contributed by atoms with Crippen LogP contribution >= 0.6 is 0 Å². The number of halogens is 1. The number of aromatic carboxylic acids is 1. The molecule has 4 nitrogen and oxygen atoms in total. The van der Waals surface area contributed by atoms with Crippen molar-refractivity contribution in [1.82, 2.24) is 4.57 Å². The van der Waals surface area contributed by atoms with Crippen LogP contribution in [0.2, 0.25) is 0 Å². The van der Waals surface area contributed by atoms with Crippen LogP contribution in [0.1, 0.15) is 34.8 Å². The van der Waals surface area contributed by atoms with Crippen LogP contribution in [0.4, 0.5) is 4.39 Å². The molecule has 1 aliphatic rings. The maximum Gasteiger partial charge on any atom is 0.341 e. The first-order chi connectivity index (χ1) is 9.00. The van der Waals surface area contributed by atoms with E-state index in [1.165, 1.54) is 18.3 Å². The van der Waals surface area contributed by atoms with E-state index in [0.29, 0.717) is 5.56 Å². The summed E-state index contributed by atoms with van der Waals surface area (Å²) in [5.41, 5.74) is -0.261. The summed E-state index contributed by atoms with van der Waals surface area (Å²) in [5, 5.41) is 9.20.